The normalized spacial score (nSPS) is 12.8. The van der Waals surface area contributed by atoms with Crippen LogP contribution in [0.4, 0.5) is 0 Å². The lowest BCUT2D eigenvalue weighted by molar-refractivity contribution is 0.208. The molecule has 1 aromatic carbocycles. The van der Waals surface area contributed by atoms with Crippen molar-refractivity contribution in [2.24, 2.45) is 7.05 Å². The molecule has 0 aliphatic rings. The summed E-state index contributed by atoms with van der Waals surface area (Å²) in [6.07, 6.45) is -0.810. The number of halogens is 3. The highest BCUT2D eigenvalue weighted by Gasteiger charge is 2.21. The molecule has 7 heteroatoms. The van der Waals surface area contributed by atoms with Crippen LogP contribution in [0.1, 0.15) is 17.4 Å². The van der Waals surface area contributed by atoms with E-state index >= 15 is 0 Å². The zero-order valence-corrected chi connectivity index (χ0v) is 13.2. The maximum atomic E-state index is 10.4. The molecule has 0 aliphatic heterocycles. The van der Waals surface area contributed by atoms with Crippen molar-refractivity contribution in [1.29, 1.82) is 0 Å². The summed E-state index contributed by atoms with van der Waals surface area (Å²) in [6.45, 7) is 0. The van der Waals surface area contributed by atoms with Gasteiger partial charge in [-0.25, -0.2) is 4.68 Å². The number of aliphatic hydroxyl groups is 1. The van der Waals surface area contributed by atoms with Crippen molar-refractivity contribution in [2.45, 2.75) is 6.10 Å². The molecule has 0 amide bonds. The molecule has 0 fully saturated rings. The van der Waals surface area contributed by atoms with Gasteiger partial charge in [-0.1, -0.05) is 16.8 Å². The Labute approximate surface area is 125 Å². The molecule has 2 aromatic rings. The molecule has 1 N–H and O–H groups in total. The van der Waals surface area contributed by atoms with Crippen LogP contribution in [0.5, 0.6) is 0 Å². The van der Waals surface area contributed by atoms with E-state index in [1.54, 1.807) is 19.2 Å². The largest absolute Gasteiger partial charge is 0.382 e. The first kappa shape index (κ1) is 13.3. The topological polar surface area (TPSA) is 50.9 Å². The molecular formula is C10H8BrClIN3O. The first-order valence-electron chi connectivity index (χ1n) is 4.68. The molecule has 1 aromatic heterocycles. The van der Waals surface area contributed by atoms with Crippen molar-refractivity contribution in [3.63, 3.8) is 0 Å². The zero-order valence-electron chi connectivity index (χ0n) is 8.73. The van der Waals surface area contributed by atoms with Crippen LogP contribution in [0.3, 0.4) is 0 Å². The van der Waals surface area contributed by atoms with Gasteiger partial charge in [0.15, 0.2) is 4.60 Å². The lowest BCUT2D eigenvalue weighted by Crippen LogP contribution is -2.08. The Hall–Kier alpha value is -0.180. The van der Waals surface area contributed by atoms with Crippen molar-refractivity contribution in [2.75, 3.05) is 0 Å². The van der Waals surface area contributed by atoms with Gasteiger partial charge in [0.1, 0.15) is 11.8 Å². The van der Waals surface area contributed by atoms with Crippen molar-refractivity contribution in [3.05, 3.63) is 42.7 Å². The fourth-order valence-corrected chi connectivity index (χ4v) is 2.86. The zero-order chi connectivity index (χ0) is 12.6. The average molecular weight is 428 g/mol. The Bertz CT molecular complexity index is 541. The smallest absolute Gasteiger partial charge is 0.154 e. The Morgan fingerprint density at radius 1 is 1.53 bits per heavy atom. The molecule has 90 valence electrons. The van der Waals surface area contributed by atoms with Gasteiger partial charge < -0.3 is 5.11 Å². The molecule has 0 radical (unpaired) electrons. The molecule has 17 heavy (non-hydrogen) atoms. The standard InChI is InChI=1S/C10H8BrClIN3O/c1-16-8(10(11)14-15-16)9(17)6-4-5(12)2-3-7(6)13/h2-4,9,17H,1H3. The van der Waals surface area contributed by atoms with Gasteiger partial charge in [0, 0.05) is 21.2 Å². The summed E-state index contributed by atoms with van der Waals surface area (Å²) in [4.78, 5) is 0. The van der Waals surface area contributed by atoms with E-state index in [9.17, 15) is 5.11 Å². The van der Waals surface area contributed by atoms with Gasteiger partial charge in [-0.3, -0.25) is 0 Å². The van der Waals surface area contributed by atoms with Crippen molar-refractivity contribution in [3.8, 4) is 0 Å². The third-order valence-electron chi connectivity index (χ3n) is 2.34. The van der Waals surface area contributed by atoms with Gasteiger partial charge in [-0.05, 0) is 56.7 Å². The van der Waals surface area contributed by atoms with Gasteiger partial charge in [-0.15, -0.1) is 5.10 Å². The van der Waals surface area contributed by atoms with Crippen LogP contribution in [-0.2, 0) is 7.05 Å². The summed E-state index contributed by atoms with van der Waals surface area (Å²) in [6, 6.07) is 5.39. The summed E-state index contributed by atoms with van der Waals surface area (Å²) in [7, 11) is 1.73. The van der Waals surface area contributed by atoms with Gasteiger partial charge in [-0.2, -0.15) is 0 Å². The predicted octanol–water partition coefficient (Wildman–Crippen LogP) is 2.92. The first-order chi connectivity index (χ1) is 8.00. The van der Waals surface area contributed by atoms with Gasteiger partial charge in [0.25, 0.3) is 0 Å². The highest BCUT2D eigenvalue weighted by Crippen LogP contribution is 2.31. The maximum Gasteiger partial charge on any atom is 0.154 e. The van der Waals surface area contributed by atoms with Crippen LogP contribution in [0.25, 0.3) is 0 Å². The average Bonchev–Trinajstić information content (AvgIpc) is 2.61. The molecule has 4 nitrogen and oxygen atoms in total. The summed E-state index contributed by atoms with van der Waals surface area (Å²) in [5.74, 6) is 0. The lowest BCUT2D eigenvalue weighted by atomic mass is 10.1. The minimum Gasteiger partial charge on any atom is -0.382 e. The molecule has 1 atom stereocenters. The van der Waals surface area contributed by atoms with Crippen LogP contribution in [0.2, 0.25) is 5.02 Å². The summed E-state index contributed by atoms with van der Waals surface area (Å²) in [5.41, 5.74) is 1.34. The van der Waals surface area contributed by atoms with E-state index in [4.69, 9.17) is 11.6 Å². The lowest BCUT2D eigenvalue weighted by Gasteiger charge is -2.13. The predicted molar refractivity (Wildman–Crippen MR) is 76.9 cm³/mol. The highest BCUT2D eigenvalue weighted by molar-refractivity contribution is 14.1. The van der Waals surface area contributed by atoms with Gasteiger partial charge in [0.05, 0.1) is 0 Å². The number of aryl methyl sites for hydroxylation is 1. The summed E-state index contributed by atoms with van der Waals surface area (Å²) < 4.78 is 3.00. The SMILES string of the molecule is Cn1nnc(Br)c1C(O)c1cc(Cl)ccc1I. The number of nitrogens with zero attached hydrogens (tertiary/aromatic N) is 3. The third kappa shape index (κ3) is 2.64. The van der Waals surface area contributed by atoms with Gasteiger partial charge >= 0.3 is 0 Å². The quantitative estimate of drug-likeness (QED) is 0.749. The monoisotopic (exact) mass is 427 g/mol. The van der Waals surface area contributed by atoms with Crippen LogP contribution in [-0.4, -0.2) is 20.1 Å². The number of rotatable bonds is 2. The first-order valence-corrected chi connectivity index (χ1v) is 6.93. The minimum atomic E-state index is -0.810. The van der Waals surface area contributed by atoms with Crippen LogP contribution in [0, 0.1) is 3.57 Å². The minimum absolute atomic E-state index is 0.531. The van der Waals surface area contributed by atoms with Crippen LogP contribution < -0.4 is 0 Å². The Balaban J connectivity index is 2.50. The molecular weight excluding hydrogens is 420 g/mol. The highest BCUT2D eigenvalue weighted by atomic mass is 127. The molecule has 1 unspecified atom stereocenters. The number of hydrogen-bond acceptors (Lipinski definition) is 3. The Morgan fingerprint density at radius 2 is 2.24 bits per heavy atom. The Morgan fingerprint density at radius 3 is 2.82 bits per heavy atom. The van der Waals surface area contributed by atoms with E-state index in [-0.39, 0.29) is 0 Å². The van der Waals surface area contributed by atoms with E-state index in [0.717, 1.165) is 9.13 Å². The molecule has 0 saturated heterocycles. The second-order valence-corrected chi connectivity index (χ2v) is 5.81. The number of hydrogen-bond donors (Lipinski definition) is 1. The fourth-order valence-electron chi connectivity index (χ4n) is 1.50. The van der Waals surface area contributed by atoms with Gasteiger partial charge in [0.2, 0.25) is 0 Å². The van der Waals surface area contributed by atoms with Crippen LogP contribution >= 0.6 is 50.1 Å². The Kier molecular flexibility index (Phi) is 4.06. The van der Waals surface area contributed by atoms with E-state index in [1.807, 2.05) is 6.07 Å². The number of benzene rings is 1. The van der Waals surface area contributed by atoms with Crippen LogP contribution in [0.15, 0.2) is 22.8 Å². The summed E-state index contributed by atoms with van der Waals surface area (Å²) in [5, 5.41) is 18.6. The van der Waals surface area contributed by atoms with E-state index in [0.29, 0.717) is 15.3 Å². The molecule has 2 rings (SSSR count). The van der Waals surface area contributed by atoms with Crippen molar-refractivity contribution >= 4 is 50.1 Å². The maximum absolute atomic E-state index is 10.4. The second kappa shape index (κ2) is 5.21. The van der Waals surface area contributed by atoms with E-state index in [2.05, 4.69) is 48.8 Å². The fraction of sp³-hybridized carbons (Fsp3) is 0.200. The second-order valence-electron chi connectivity index (χ2n) is 3.46. The molecule has 1 heterocycles. The molecule has 0 spiro atoms. The van der Waals surface area contributed by atoms with Crippen molar-refractivity contribution < 1.29 is 5.11 Å². The number of aliphatic hydroxyl groups excluding tert-OH is 1. The van der Waals surface area contributed by atoms with Crippen molar-refractivity contribution in [1.82, 2.24) is 15.0 Å². The summed E-state index contributed by atoms with van der Waals surface area (Å²) >= 11 is 11.4. The number of aromatic nitrogens is 3. The van der Waals surface area contributed by atoms with E-state index < -0.39 is 6.10 Å². The molecule has 0 bridgehead atoms. The molecule has 0 aliphatic carbocycles. The third-order valence-corrected chi connectivity index (χ3v) is 4.12. The molecule has 0 saturated carbocycles. The van der Waals surface area contributed by atoms with E-state index in [1.165, 1.54) is 4.68 Å².